The van der Waals surface area contributed by atoms with Crippen molar-refractivity contribution in [1.82, 2.24) is 20.5 Å². The Kier molecular flexibility index (Phi) is 4.34. The lowest BCUT2D eigenvalue weighted by atomic mass is 10.1. The molecule has 0 aliphatic heterocycles. The van der Waals surface area contributed by atoms with E-state index in [-0.39, 0.29) is 23.9 Å². The van der Waals surface area contributed by atoms with Gasteiger partial charge in [-0.3, -0.25) is 9.89 Å². The van der Waals surface area contributed by atoms with E-state index in [9.17, 15) is 4.79 Å². The third-order valence-electron chi connectivity index (χ3n) is 2.73. The zero-order chi connectivity index (χ0) is 14.5. The summed E-state index contributed by atoms with van der Waals surface area (Å²) in [4.78, 5) is 15.6. The van der Waals surface area contributed by atoms with Crippen LogP contribution in [0.15, 0.2) is 30.6 Å². The highest BCUT2D eigenvalue weighted by molar-refractivity contribution is 5.90. The SMILES string of the molecule is CC(C)Oc1ccc(C(C)NC(=O)c2ncn[nH]2)cc1. The first-order valence-electron chi connectivity index (χ1n) is 6.49. The Bertz CT molecular complexity index is 549. The summed E-state index contributed by atoms with van der Waals surface area (Å²) in [6, 6.07) is 7.53. The monoisotopic (exact) mass is 274 g/mol. The summed E-state index contributed by atoms with van der Waals surface area (Å²) in [6.07, 6.45) is 1.45. The number of benzene rings is 1. The standard InChI is InChI=1S/C14H18N4O2/c1-9(2)20-12-6-4-11(5-7-12)10(3)17-14(19)13-15-8-16-18-13/h4-10H,1-3H3,(H,17,19)(H,15,16,18). The number of H-pyrrole nitrogens is 1. The Hall–Kier alpha value is -2.37. The lowest BCUT2D eigenvalue weighted by molar-refractivity contribution is 0.0930. The minimum absolute atomic E-state index is 0.124. The van der Waals surface area contributed by atoms with Crippen molar-refractivity contribution in [2.45, 2.75) is 32.9 Å². The molecule has 0 spiro atoms. The third-order valence-corrected chi connectivity index (χ3v) is 2.73. The van der Waals surface area contributed by atoms with Gasteiger partial charge in [-0.2, -0.15) is 5.10 Å². The molecule has 0 bridgehead atoms. The number of carbonyl (C=O) groups is 1. The van der Waals surface area contributed by atoms with Gasteiger partial charge in [-0.25, -0.2) is 4.98 Å². The van der Waals surface area contributed by atoms with Crippen molar-refractivity contribution >= 4 is 5.91 Å². The van der Waals surface area contributed by atoms with Gasteiger partial charge < -0.3 is 10.1 Å². The Morgan fingerprint density at radius 1 is 1.25 bits per heavy atom. The van der Waals surface area contributed by atoms with Crippen LogP contribution in [0, 0.1) is 0 Å². The van der Waals surface area contributed by atoms with Gasteiger partial charge in [0.1, 0.15) is 12.1 Å². The molecule has 1 unspecified atom stereocenters. The number of carbonyl (C=O) groups excluding carboxylic acids is 1. The highest BCUT2D eigenvalue weighted by atomic mass is 16.5. The quantitative estimate of drug-likeness (QED) is 0.874. The fourth-order valence-corrected chi connectivity index (χ4v) is 1.77. The second-order valence-corrected chi connectivity index (χ2v) is 4.76. The van der Waals surface area contributed by atoms with Crippen molar-refractivity contribution in [3.8, 4) is 5.75 Å². The van der Waals surface area contributed by atoms with Gasteiger partial charge in [0.15, 0.2) is 0 Å². The number of hydrogen-bond acceptors (Lipinski definition) is 4. The molecule has 1 heterocycles. The first-order chi connectivity index (χ1) is 9.56. The molecule has 0 fully saturated rings. The van der Waals surface area contributed by atoms with Crippen LogP contribution < -0.4 is 10.1 Å². The third kappa shape index (κ3) is 3.57. The molecular formula is C14H18N4O2. The fourth-order valence-electron chi connectivity index (χ4n) is 1.77. The van der Waals surface area contributed by atoms with Crippen molar-refractivity contribution < 1.29 is 9.53 Å². The number of aromatic amines is 1. The van der Waals surface area contributed by atoms with E-state index < -0.39 is 0 Å². The molecule has 1 aromatic heterocycles. The van der Waals surface area contributed by atoms with Crippen LogP contribution in [0.1, 0.15) is 43.0 Å². The molecule has 0 saturated heterocycles. The van der Waals surface area contributed by atoms with Crippen LogP contribution in [-0.4, -0.2) is 27.2 Å². The van der Waals surface area contributed by atoms with Crippen LogP contribution in [0.5, 0.6) is 5.75 Å². The maximum absolute atomic E-state index is 11.8. The van der Waals surface area contributed by atoms with Gasteiger partial charge in [0, 0.05) is 0 Å². The summed E-state index contributed by atoms with van der Waals surface area (Å²) in [7, 11) is 0. The molecule has 0 saturated carbocycles. The second kappa shape index (κ2) is 6.18. The van der Waals surface area contributed by atoms with E-state index in [4.69, 9.17) is 4.74 Å². The smallest absolute Gasteiger partial charge is 0.289 e. The van der Waals surface area contributed by atoms with Crippen LogP contribution >= 0.6 is 0 Å². The molecule has 20 heavy (non-hydrogen) atoms. The topological polar surface area (TPSA) is 79.9 Å². The van der Waals surface area contributed by atoms with Crippen molar-refractivity contribution in [3.05, 3.63) is 42.0 Å². The molecule has 106 valence electrons. The number of nitrogens with zero attached hydrogens (tertiary/aromatic N) is 2. The van der Waals surface area contributed by atoms with Gasteiger partial charge in [0.2, 0.25) is 5.82 Å². The van der Waals surface area contributed by atoms with Crippen LogP contribution in [0.2, 0.25) is 0 Å². The molecule has 0 aliphatic rings. The predicted octanol–water partition coefficient (Wildman–Crippen LogP) is 2.08. The number of aromatic nitrogens is 3. The van der Waals surface area contributed by atoms with E-state index in [1.54, 1.807) is 0 Å². The van der Waals surface area contributed by atoms with Crippen LogP contribution in [-0.2, 0) is 0 Å². The molecule has 2 N–H and O–H groups in total. The summed E-state index contributed by atoms with van der Waals surface area (Å²) >= 11 is 0. The average Bonchev–Trinajstić information content (AvgIpc) is 2.92. The minimum Gasteiger partial charge on any atom is -0.491 e. The molecule has 2 rings (SSSR count). The maximum Gasteiger partial charge on any atom is 0.289 e. The average molecular weight is 274 g/mol. The first-order valence-corrected chi connectivity index (χ1v) is 6.49. The molecule has 0 radical (unpaired) electrons. The number of nitrogens with one attached hydrogen (secondary N) is 2. The summed E-state index contributed by atoms with van der Waals surface area (Å²) in [5, 5.41) is 9.03. The normalized spacial score (nSPS) is 12.2. The van der Waals surface area contributed by atoms with E-state index in [1.807, 2.05) is 45.0 Å². The number of ether oxygens (including phenoxy) is 1. The molecule has 1 amide bonds. The lowest BCUT2D eigenvalue weighted by Crippen LogP contribution is -2.27. The molecule has 1 aromatic carbocycles. The van der Waals surface area contributed by atoms with Crippen LogP contribution in [0.25, 0.3) is 0 Å². The lowest BCUT2D eigenvalue weighted by Gasteiger charge is -2.15. The van der Waals surface area contributed by atoms with Crippen molar-refractivity contribution in [2.75, 3.05) is 0 Å². The van der Waals surface area contributed by atoms with Gasteiger partial charge in [0.25, 0.3) is 5.91 Å². The van der Waals surface area contributed by atoms with Crippen molar-refractivity contribution in [2.24, 2.45) is 0 Å². The number of rotatable bonds is 5. The van der Waals surface area contributed by atoms with Gasteiger partial charge >= 0.3 is 0 Å². The van der Waals surface area contributed by atoms with E-state index in [2.05, 4.69) is 20.5 Å². The summed E-state index contributed by atoms with van der Waals surface area (Å²) in [6.45, 7) is 5.87. The number of hydrogen-bond donors (Lipinski definition) is 2. The highest BCUT2D eigenvalue weighted by Gasteiger charge is 2.13. The number of amides is 1. The Labute approximate surface area is 117 Å². The van der Waals surface area contributed by atoms with E-state index in [1.165, 1.54) is 6.33 Å². The van der Waals surface area contributed by atoms with Gasteiger partial charge in [-0.15, -0.1) is 0 Å². The maximum atomic E-state index is 11.8. The Morgan fingerprint density at radius 2 is 1.95 bits per heavy atom. The van der Waals surface area contributed by atoms with E-state index >= 15 is 0 Å². The largest absolute Gasteiger partial charge is 0.491 e. The zero-order valence-corrected chi connectivity index (χ0v) is 11.8. The second-order valence-electron chi connectivity index (χ2n) is 4.76. The molecule has 0 aliphatic carbocycles. The van der Waals surface area contributed by atoms with Gasteiger partial charge in [-0.05, 0) is 38.5 Å². The fraction of sp³-hybridized carbons (Fsp3) is 0.357. The van der Waals surface area contributed by atoms with Gasteiger partial charge in [-0.1, -0.05) is 12.1 Å². The molecular weight excluding hydrogens is 256 g/mol. The minimum atomic E-state index is -0.280. The summed E-state index contributed by atoms with van der Waals surface area (Å²) in [5.41, 5.74) is 0.994. The molecule has 1 atom stereocenters. The highest BCUT2D eigenvalue weighted by Crippen LogP contribution is 2.18. The Morgan fingerprint density at radius 3 is 2.50 bits per heavy atom. The molecule has 6 nitrogen and oxygen atoms in total. The van der Waals surface area contributed by atoms with E-state index in [0.717, 1.165) is 11.3 Å². The Balaban J connectivity index is 1.98. The molecule has 6 heteroatoms. The van der Waals surface area contributed by atoms with E-state index in [0.29, 0.717) is 0 Å². The van der Waals surface area contributed by atoms with Crippen LogP contribution in [0.3, 0.4) is 0 Å². The van der Waals surface area contributed by atoms with Crippen molar-refractivity contribution in [3.63, 3.8) is 0 Å². The predicted molar refractivity (Wildman–Crippen MR) is 74.5 cm³/mol. The van der Waals surface area contributed by atoms with Gasteiger partial charge in [0.05, 0.1) is 12.1 Å². The summed E-state index contributed by atoms with van der Waals surface area (Å²) in [5.74, 6) is 0.742. The first kappa shape index (κ1) is 14.0. The van der Waals surface area contributed by atoms with Crippen LogP contribution in [0.4, 0.5) is 0 Å². The van der Waals surface area contributed by atoms with Crippen molar-refractivity contribution in [1.29, 1.82) is 0 Å². The zero-order valence-electron chi connectivity index (χ0n) is 11.8. The summed E-state index contributed by atoms with van der Waals surface area (Å²) < 4.78 is 5.58. The molecule has 2 aromatic rings.